The van der Waals surface area contributed by atoms with Crippen LogP contribution in [0.3, 0.4) is 0 Å². The van der Waals surface area contributed by atoms with Crippen LogP contribution in [0.2, 0.25) is 0 Å². The van der Waals surface area contributed by atoms with Crippen LogP contribution in [0.4, 0.5) is 5.69 Å². The van der Waals surface area contributed by atoms with E-state index in [0.29, 0.717) is 16.8 Å². The molecular formula is C29H21BrN2O3S. The van der Waals surface area contributed by atoms with E-state index >= 15 is 0 Å². The molecule has 2 N–H and O–H groups in total. The zero-order valence-corrected chi connectivity index (χ0v) is 21.4. The molecule has 0 unspecified atom stereocenters. The Labute approximate surface area is 221 Å². The minimum Gasteiger partial charge on any atom is -0.321 e. The minimum absolute atomic E-state index is 0.111. The molecule has 0 fully saturated rings. The molecule has 7 heteroatoms. The van der Waals surface area contributed by atoms with Crippen molar-refractivity contribution < 1.29 is 14.4 Å². The number of amides is 2. The summed E-state index contributed by atoms with van der Waals surface area (Å²) in [5.74, 6) is -1.01. The molecule has 0 aliphatic carbocycles. The maximum absolute atomic E-state index is 13.0. The molecule has 0 spiro atoms. The molecule has 0 saturated carbocycles. The third-order valence-corrected chi connectivity index (χ3v) is 6.34. The Morgan fingerprint density at radius 1 is 0.778 bits per heavy atom. The fourth-order valence-corrected chi connectivity index (χ4v) is 4.11. The van der Waals surface area contributed by atoms with Crippen molar-refractivity contribution >= 4 is 62.7 Å². The highest BCUT2D eigenvalue weighted by Crippen LogP contribution is 2.16. The summed E-state index contributed by atoms with van der Waals surface area (Å²) in [6, 6.07) is 24.8. The average molecular weight is 557 g/mol. The van der Waals surface area contributed by atoms with Gasteiger partial charge in [-0.15, -0.1) is 0 Å². The number of hydrogen-bond donors (Lipinski definition) is 2. The van der Waals surface area contributed by atoms with Crippen LogP contribution in [-0.4, -0.2) is 17.6 Å². The van der Waals surface area contributed by atoms with Gasteiger partial charge >= 0.3 is 0 Å². The monoisotopic (exact) mass is 556 g/mol. The summed E-state index contributed by atoms with van der Waals surface area (Å²) in [5, 5.41) is 9.26. The Morgan fingerprint density at radius 3 is 2.17 bits per heavy atom. The molecular weight excluding hydrogens is 536 g/mol. The highest BCUT2D eigenvalue weighted by atomic mass is 79.9. The maximum Gasteiger partial charge on any atom is 0.272 e. The Bertz CT molecular complexity index is 1410. The number of halogens is 1. The first-order valence-corrected chi connectivity index (χ1v) is 12.7. The summed E-state index contributed by atoms with van der Waals surface area (Å²) in [5.41, 5.74) is 3.27. The van der Waals surface area contributed by atoms with E-state index in [1.54, 1.807) is 60.7 Å². The highest BCUT2D eigenvalue weighted by molar-refractivity contribution is 9.10. The van der Waals surface area contributed by atoms with Gasteiger partial charge in [0.25, 0.3) is 11.8 Å². The molecule has 0 aliphatic rings. The van der Waals surface area contributed by atoms with Crippen molar-refractivity contribution in [2.24, 2.45) is 0 Å². The van der Waals surface area contributed by atoms with Crippen LogP contribution in [0.1, 0.15) is 31.8 Å². The van der Waals surface area contributed by atoms with E-state index in [-0.39, 0.29) is 17.4 Å². The molecule has 0 saturated heterocycles. The normalized spacial score (nSPS) is 11.3. The van der Waals surface area contributed by atoms with Gasteiger partial charge in [-0.25, -0.2) is 0 Å². The van der Waals surface area contributed by atoms with E-state index in [0.717, 1.165) is 15.6 Å². The molecule has 0 atom stereocenters. The van der Waals surface area contributed by atoms with Gasteiger partial charge in [0.15, 0.2) is 5.78 Å². The lowest BCUT2D eigenvalue weighted by Gasteiger charge is -2.11. The van der Waals surface area contributed by atoms with Crippen molar-refractivity contribution in [2.75, 3.05) is 5.32 Å². The second-order valence-corrected chi connectivity index (χ2v) is 9.41. The van der Waals surface area contributed by atoms with Gasteiger partial charge < -0.3 is 10.6 Å². The molecule has 1 aromatic heterocycles. The van der Waals surface area contributed by atoms with Gasteiger partial charge in [-0.2, -0.15) is 11.3 Å². The number of carbonyl (C=O) groups is 3. The fourth-order valence-electron chi connectivity index (χ4n) is 3.22. The molecule has 178 valence electrons. The van der Waals surface area contributed by atoms with E-state index in [1.807, 2.05) is 47.2 Å². The second-order valence-electron chi connectivity index (χ2n) is 7.72. The van der Waals surface area contributed by atoms with Gasteiger partial charge in [0, 0.05) is 21.3 Å². The summed E-state index contributed by atoms with van der Waals surface area (Å²) in [6.07, 6.45) is 4.89. The minimum atomic E-state index is -0.473. The number of anilines is 1. The lowest BCUT2D eigenvalue weighted by molar-refractivity contribution is -0.113. The van der Waals surface area contributed by atoms with Crippen molar-refractivity contribution in [3.05, 3.63) is 134 Å². The fraction of sp³-hybridized carbons (Fsp3) is 0. The predicted octanol–water partition coefficient (Wildman–Crippen LogP) is 6.82. The molecule has 4 rings (SSSR count). The quantitative estimate of drug-likeness (QED) is 0.185. The SMILES string of the molecule is O=C(Nc1ccc(C(=O)/C=C/c2ccc(Br)cc2)cc1)/C(=C/c1ccsc1)NC(=O)c1ccccc1. The van der Waals surface area contributed by atoms with Gasteiger partial charge in [0.05, 0.1) is 0 Å². The number of allylic oxidation sites excluding steroid dienone is 1. The first-order chi connectivity index (χ1) is 17.5. The summed E-state index contributed by atoms with van der Waals surface area (Å²) >= 11 is 4.88. The lowest BCUT2D eigenvalue weighted by atomic mass is 10.1. The first kappa shape index (κ1) is 25.0. The van der Waals surface area contributed by atoms with Gasteiger partial charge in [0.2, 0.25) is 0 Å². The van der Waals surface area contributed by atoms with Crippen LogP contribution in [0.25, 0.3) is 12.2 Å². The zero-order valence-electron chi connectivity index (χ0n) is 19.0. The molecule has 5 nitrogen and oxygen atoms in total. The van der Waals surface area contributed by atoms with Crippen LogP contribution in [0, 0.1) is 0 Å². The molecule has 4 aromatic rings. The van der Waals surface area contributed by atoms with Crippen LogP contribution in [0.5, 0.6) is 0 Å². The topological polar surface area (TPSA) is 75.3 Å². The molecule has 0 radical (unpaired) electrons. The molecule has 3 aromatic carbocycles. The third-order valence-electron chi connectivity index (χ3n) is 5.11. The van der Waals surface area contributed by atoms with Gasteiger partial charge in [-0.3, -0.25) is 14.4 Å². The summed E-state index contributed by atoms with van der Waals surface area (Å²) in [7, 11) is 0. The van der Waals surface area contributed by atoms with Crippen LogP contribution in [0.15, 0.2) is 112 Å². The van der Waals surface area contributed by atoms with E-state index in [2.05, 4.69) is 26.6 Å². The zero-order chi connectivity index (χ0) is 25.3. The van der Waals surface area contributed by atoms with Crippen LogP contribution < -0.4 is 10.6 Å². The number of ketones is 1. The summed E-state index contributed by atoms with van der Waals surface area (Å²) in [4.78, 5) is 38.2. The number of benzene rings is 3. The number of nitrogens with one attached hydrogen (secondary N) is 2. The number of thiophene rings is 1. The number of rotatable bonds is 8. The summed E-state index contributed by atoms with van der Waals surface area (Å²) < 4.78 is 0.969. The van der Waals surface area contributed by atoms with Crippen molar-refractivity contribution in [3.8, 4) is 0 Å². The molecule has 36 heavy (non-hydrogen) atoms. The second kappa shape index (κ2) is 12.1. The summed E-state index contributed by atoms with van der Waals surface area (Å²) in [6.45, 7) is 0. The smallest absolute Gasteiger partial charge is 0.272 e. The van der Waals surface area contributed by atoms with Crippen LogP contribution in [-0.2, 0) is 4.79 Å². The highest BCUT2D eigenvalue weighted by Gasteiger charge is 2.15. The van der Waals surface area contributed by atoms with Crippen molar-refractivity contribution in [1.29, 1.82) is 0 Å². The van der Waals surface area contributed by atoms with Gasteiger partial charge in [-0.1, -0.05) is 52.3 Å². The van der Waals surface area contributed by atoms with Crippen molar-refractivity contribution in [1.82, 2.24) is 5.32 Å². The Hall–Kier alpha value is -4.07. The average Bonchev–Trinajstić information content (AvgIpc) is 3.42. The van der Waals surface area contributed by atoms with Gasteiger partial charge in [-0.05, 0) is 88.6 Å². The number of carbonyl (C=O) groups excluding carboxylic acids is 3. The third kappa shape index (κ3) is 6.97. The Kier molecular flexibility index (Phi) is 8.39. The Balaban J connectivity index is 1.45. The van der Waals surface area contributed by atoms with Gasteiger partial charge in [0.1, 0.15) is 5.70 Å². The van der Waals surface area contributed by atoms with Crippen molar-refractivity contribution in [2.45, 2.75) is 0 Å². The molecule has 0 bridgehead atoms. The maximum atomic E-state index is 13.0. The van der Waals surface area contributed by atoms with E-state index in [4.69, 9.17) is 0 Å². The Morgan fingerprint density at radius 2 is 1.50 bits per heavy atom. The lowest BCUT2D eigenvalue weighted by Crippen LogP contribution is -2.30. The molecule has 0 aliphatic heterocycles. The first-order valence-electron chi connectivity index (χ1n) is 11.0. The van der Waals surface area contributed by atoms with Crippen LogP contribution >= 0.6 is 27.3 Å². The van der Waals surface area contributed by atoms with E-state index in [9.17, 15) is 14.4 Å². The molecule has 2 amide bonds. The largest absolute Gasteiger partial charge is 0.321 e. The predicted molar refractivity (Wildman–Crippen MR) is 149 cm³/mol. The van der Waals surface area contributed by atoms with E-state index < -0.39 is 5.91 Å². The van der Waals surface area contributed by atoms with Crippen molar-refractivity contribution in [3.63, 3.8) is 0 Å². The standard InChI is InChI=1S/C29H21BrN2O3S/c30-24-11-6-20(7-12-24)8-15-27(33)22-9-13-25(14-10-22)31-29(35)26(18-21-16-17-36-19-21)32-28(34)23-4-2-1-3-5-23/h1-19H,(H,31,35)(H,32,34)/b15-8+,26-18-. The number of hydrogen-bond acceptors (Lipinski definition) is 4. The molecule has 1 heterocycles. The van der Waals surface area contributed by atoms with E-state index in [1.165, 1.54) is 17.4 Å².